The van der Waals surface area contributed by atoms with E-state index in [0.29, 0.717) is 19.0 Å². The Balaban J connectivity index is 3.60. The molecule has 0 fully saturated rings. The summed E-state index contributed by atoms with van der Waals surface area (Å²) in [5.74, 6) is 0.399. The minimum Gasteiger partial charge on any atom is -0.294 e. The van der Waals surface area contributed by atoms with E-state index < -0.39 is 11.3 Å². The molecule has 1 N–H and O–H groups in total. The van der Waals surface area contributed by atoms with Crippen LogP contribution in [0.1, 0.15) is 19.8 Å². The summed E-state index contributed by atoms with van der Waals surface area (Å²) in [5.41, 5.74) is 0. The van der Waals surface area contributed by atoms with E-state index in [1.807, 2.05) is 6.92 Å². The largest absolute Gasteiger partial charge is 0.294 e. The highest BCUT2D eigenvalue weighted by Gasteiger charge is 2.07. The Morgan fingerprint density at radius 1 is 1.55 bits per heavy atom. The molecule has 1 atom stereocenters. The predicted octanol–water partition coefficient (Wildman–Crippen LogP) is 1.46. The van der Waals surface area contributed by atoms with Gasteiger partial charge in [0.1, 0.15) is 0 Å². The second-order valence-corrected chi connectivity index (χ2v) is 3.56. The number of halogens is 1. The molecule has 0 heterocycles. The standard InChI is InChI=1S/C6H14ClNO2S/c1-2-3-5-8(6-4-7)11(9)10/h2-6H2,1H3,(H,9,10). The van der Waals surface area contributed by atoms with Crippen molar-refractivity contribution < 1.29 is 8.76 Å². The van der Waals surface area contributed by atoms with E-state index in [2.05, 4.69) is 0 Å². The quantitative estimate of drug-likeness (QED) is 0.520. The van der Waals surface area contributed by atoms with Crippen LogP contribution >= 0.6 is 11.6 Å². The van der Waals surface area contributed by atoms with Gasteiger partial charge in [0, 0.05) is 19.0 Å². The zero-order valence-corrected chi connectivity index (χ0v) is 8.20. The van der Waals surface area contributed by atoms with Gasteiger partial charge >= 0.3 is 0 Å². The van der Waals surface area contributed by atoms with Gasteiger partial charge in [0.25, 0.3) is 0 Å². The molecule has 0 rings (SSSR count). The highest BCUT2D eigenvalue weighted by atomic mass is 35.5. The van der Waals surface area contributed by atoms with Crippen LogP contribution in [-0.2, 0) is 11.3 Å². The van der Waals surface area contributed by atoms with Crippen molar-refractivity contribution in [3.63, 3.8) is 0 Å². The molecule has 0 bridgehead atoms. The first-order valence-corrected chi connectivity index (χ1v) is 5.24. The maximum Gasteiger partial charge on any atom is 0.234 e. The van der Waals surface area contributed by atoms with Crippen LogP contribution in [0.2, 0.25) is 0 Å². The molecule has 0 aromatic rings. The summed E-state index contributed by atoms with van der Waals surface area (Å²) < 4.78 is 20.7. The van der Waals surface area contributed by atoms with Gasteiger partial charge in [-0.2, -0.15) is 0 Å². The van der Waals surface area contributed by atoms with Crippen LogP contribution in [0.25, 0.3) is 0 Å². The van der Waals surface area contributed by atoms with Crippen molar-refractivity contribution >= 4 is 22.9 Å². The normalized spacial score (nSPS) is 13.8. The zero-order chi connectivity index (χ0) is 8.69. The molecule has 0 aromatic heterocycles. The van der Waals surface area contributed by atoms with E-state index in [-0.39, 0.29) is 0 Å². The van der Waals surface area contributed by atoms with E-state index in [9.17, 15) is 4.21 Å². The summed E-state index contributed by atoms with van der Waals surface area (Å²) >= 11 is 3.58. The molecule has 5 heteroatoms. The van der Waals surface area contributed by atoms with Crippen molar-refractivity contribution in [1.82, 2.24) is 4.31 Å². The molecule has 0 radical (unpaired) electrons. The zero-order valence-electron chi connectivity index (χ0n) is 6.62. The van der Waals surface area contributed by atoms with Crippen molar-refractivity contribution in [2.45, 2.75) is 19.8 Å². The van der Waals surface area contributed by atoms with Crippen molar-refractivity contribution in [2.24, 2.45) is 0 Å². The molecule has 0 saturated carbocycles. The fraction of sp³-hybridized carbons (Fsp3) is 1.00. The first-order valence-electron chi connectivity index (χ1n) is 3.64. The Morgan fingerprint density at radius 2 is 2.18 bits per heavy atom. The van der Waals surface area contributed by atoms with Gasteiger partial charge in [-0.25, -0.2) is 8.51 Å². The second-order valence-electron chi connectivity index (χ2n) is 2.20. The number of alkyl halides is 1. The molecule has 0 spiro atoms. The summed E-state index contributed by atoms with van der Waals surface area (Å²) in [6.45, 7) is 3.16. The van der Waals surface area contributed by atoms with Gasteiger partial charge < -0.3 is 0 Å². The Labute approximate surface area is 75.1 Å². The van der Waals surface area contributed by atoms with Crippen LogP contribution in [-0.4, -0.2) is 32.0 Å². The van der Waals surface area contributed by atoms with E-state index in [1.54, 1.807) is 0 Å². The van der Waals surface area contributed by atoms with Crippen LogP contribution in [0.4, 0.5) is 0 Å². The molecule has 0 amide bonds. The van der Waals surface area contributed by atoms with Gasteiger partial charge in [0.15, 0.2) is 0 Å². The van der Waals surface area contributed by atoms with Gasteiger partial charge in [-0.05, 0) is 6.42 Å². The average Bonchev–Trinajstić information content (AvgIpc) is 1.97. The molecule has 0 aliphatic heterocycles. The highest BCUT2D eigenvalue weighted by molar-refractivity contribution is 7.76. The molecule has 0 aromatic carbocycles. The Hall–Kier alpha value is 0.360. The lowest BCUT2D eigenvalue weighted by atomic mass is 10.3. The molecule has 3 nitrogen and oxygen atoms in total. The van der Waals surface area contributed by atoms with Gasteiger partial charge in [0.05, 0.1) is 0 Å². The van der Waals surface area contributed by atoms with Crippen molar-refractivity contribution in [3.8, 4) is 0 Å². The van der Waals surface area contributed by atoms with E-state index in [4.69, 9.17) is 16.2 Å². The summed E-state index contributed by atoms with van der Waals surface area (Å²) in [7, 11) is 0. The van der Waals surface area contributed by atoms with Gasteiger partial charge in [-0.3, -0.25) is 4.55 Å². The smallest absolute Gasteiger partial charge is 0.234 e. The van der Waals surface area contributed by atoms with Crippen molar-refractivity contribution in [1.29, 1.82) is 0 Å². The van der Waals surface area contributed by atoms with E-state index in [0.717, 1.165) is 12.8 Å². The Kier molecular flexibility index (Phi) is 7.26. The SMILES string of the molecule is CCCCN(CCCl)S(=O)O. The molecular weight excluding hydrogens is 186 g/mol. The second kappa shape index (κ2) is 7.03. The maximum atomic E-state index is 10.6. The Morgan fingerprint density at radius 3 is 2.55 bits per heavy atom. The summed E-state index contributed by atoms with van der Waals surface area (Å²) in [6, 6.07) is 0. The predicted molar refractivity (Wildman–Crippen MR) is 48.0 cm³/mol. The fourth-order valence-electron chi connectivity index (χ4n) is 0.697. The topological polar surface area (TPSA) is 40.5 Å². The number of hydrogen-bond acceptors (Lipinski definition) is 1. The first kappa shape index (κ1) is 11.4. The fourth-order valence-corrected chi connectivity index (χ4v) is 1.53. The molecule has 0 aliphatic carbocycles. The van der Waals surface area contributed by atoms with Crippen LogP contribution in [0, 0.1) is 0 Å². The monoisotopic (exact) mass is 199 g/mol. The van der Waals surface area contributed by atoms with Crippen LogP contribution in [0.3, 0.4) is 0 Å². The number of hydrogen-bond donors (Lipinski definition) is 1. The molecule has 0 saturated heterocycles. The third-order valence-corrected chi connectivity index (χ3v) is 2.29. The number of nitrogens with zero attached hydrogens (tertiary/aromatic N) is 1. The highest BCUT2D eigenvalue weighted by Crippen LogP contribution is 1.97. The minimum absolute atomic E-state index is 0.399. The molecule has 1 unspecified atom stereocenters. The Bertz CT molecular complexity index is 123. The first-order chi connectivity index (χ1) is 5.22. The van der Waals surface area contributed by atoms with Crippen LogP contribution in [0.15, 0.2) is 0 Å². The van der Waals surface area contributed by atoms with E-state index in [1.165, 1.54) is 4.31 Å². The molecule has 68 valence electrons. The third-order valence-electron chi connectivity index (χ3n) is 1.32. The summed E-state index contributed by atoms with van der Waals surface area (Å²) in [6.07, 6.45) is 1.96. The summed E-state index contributed by atoms with van der Waals surface area (Å²) in [4.78, 5) is 0. The number of unbranched alkanes of at least 4 members (excludes halogenated alkanes) is 1. The molecule has 11 heavy (non-hydrogen) atoms. The van der Waals surface area contributed by atoms with Crippen molar-refractivity contribution in [3.05, 3.63) is 0 Å². The van der Waals surface area contributed by atoms with Crippen molar-refractivity contribution in [2.75, 3.05) is 19.0 Å². The van der Waals surface area contributed by atoms with Crippen LogP contribution in [0.5, 0.6) is 0 Å². The van der Waals surface area contributed by atoms with Gasteiger partial charge in [-0.15, -0.1) is 11.6 Å². The average molecular weight is 200 g/mol. The molecule has 0 aliphatic rings. The summed E-state index contributed by atoms with van der Waals surface area (Å²) in [5, 5.41) is 0. The molecular formula is C6H14ClNO2S. The lowest BCUT2D eigenvalue weighted by Gasteiger charge is -2.14. The van der Waals surface area contributed by atoms with E-state index >= 15 is 0 Å². The third kappa shape index (κ3) is 5.61. The van der Waals surface area contributed by atoms with Crippen LogP contribution < -0.4 is 0 Å². The maximum absolute atomic E-state index is 10.6. The van der Waals surface area contributed by atoms with Gasteiger partial charge in [0.2, 0.25) is 11.3 Å². The lowest BCUT2D eigenvalue weighted by Crippen LogP contribution is -2.28. The lowest BCUT2D eigenvalue weighted by molar-refractivity contribution is 0.405. The minimum atomic E-state index is -1.86. The van der Waals surface area contributed by atoms with Gasteiger partial charge in [-0.1, -0.05) is 13.3 Å². The number of rotatable bonds is 6.